The Morgan fingerprint density at radius 2 is 1.21 bits per heavy atom. The maximum absolute atomic E-state index is 4.85. The molecule has 1 heterocycles. The second kappa shape index (κ2) is 12.0. The van der Waals surface area contributed by atoms with Crippen LogP contribution in [-0.2, 0) is 12.8 Å². The molecule has 0 saturated heterocycles. The largest absolute Gasteiger partial charge is 0.256 e. The summed E-state index contributed by atoms with van der Waals surface area (Å²) in [4.78, 5) is 4.85. The first-order valence-corrected chi connectivity index (χ1v) is 13.2. The molecule has 0 aliphatic rings. The Kier molecular flexibility index (Phi) is 8.52. The van der Waals surface area contributed by atoms with Gasteiger partial charge in [0.15, 0.2) is 0 Å². The minimum absolute atomic E-state index is 0.174. The third-order valence-corrected chi connectivity index (χ3v) is 7.08. The number of nitrogens with zero attached hydrogens (tertiary/aromatic N) is 1. The minimum atomic E-state index is 0.174. The van der Waals surface area contributed by atoms with Gasteiger partial charge in [-0.3, -0.25) is 4.98 Å². The Bertz CT molecular complexity index is 1120. The van der Waals surface area contributed by atoms with Gasteiger partial charge in [-0.25, -0.2) is 0 Å². The second-order valence-corrected chi connectivity index (χ2v) is 9.70. The van der Waals surface area contributed by atoms with E-state index in [0.29, 0.717) is 0 Å². The van der Waals surface area contributed by atoms with Crippen LogP contribution >= 0.6 is 0 Å². The average molecular weight is 450 g/mol. The van der Waals surface area contributed by atoms with Gasteiger partial charge in [0, 0.05) is 17.5 Å². The lowest BCUT2D eigenvalue weighted by molar-refractivity contribution is 0.717. The van der Waals surface area contributed by atoms with E-state index in [0.717, 1.165) is 5.52 Å². The molecule has 0 bridgehead atoms. The fourth-order valence-electron chi connectivity index (χ4n) is 5.07. The molecule has 34 heavy (non-hydrogen) atoms. The summed E-state index contributed by atoms with van der Waals surface area (Å²) in [5.74, 6) is 0.174. The Morgan fingerprint density at radius 3 is 1.74 bits per heavy atom. The lowest BCUT2D eigenvalue weighted by atomic mass is 9.81. The fourth-order valence-corrected chi connectivity index (χ4v) is 5.07. The summed E-state index contributed by atoms with van der Waals surface area (Å²) in [5.41, 5.74) is 9.32. The van der Waals surface area contributed by atoms with Crippen molar-refractivity contribution < 1.29 is 0 Å². The molecular formula is C33H39N. The van der Waals surface area contributed by atoms with Gasteiger partial charge in [-0.15, -0.1) is 0 Å². The van der Waals surface area contributed by atoms with Crippen LogP contribution < -0.4 is 0 Å². The zero-order valence-electron chi connectivity index (χ0n) is 21.2. The average Bonchev–Trinajstić information content (AvgIpc) is 2.87. The lowest BCUT2D eigenvalue weighted by Crippen LogP contribution is -2.07. The van der Waals surface area contributed by atoms with Gasteiger partial charge in [-0.2, -0.15) is 0 Å². The van der Waals surface area contributed by atoms with Crippen LogP contribution in [0.15, 0.2) is 79.0 Å². The van der Waals surface area contributed by atoms with Crippen LogP contribution in [0.2, 0.25) is 0 Å². The lowest BCUT2D eigenvalue weighted by Gasteiger charge is -2.23. The monoisotopic (exact) mass is 449 g/mol. The zero-order valence-corrected chi connectivity index (χ0v) is 21.2. The highest BCUT2D eigenvalue weighted by atomic mass is 14.7. The van der Waals surface area contributed by atoms with Gasteiger partial charge < -0.3 is 0 Å². The molecule has 0 N–H and O–H groups in total. The standard InChI is InChI=1S/C33H39N/c1-4-6-8-11-26-15-20-28(21-16-26)32(29-22-17-27(18-23-29)12-9-7-5-2)31-25(3)14-19-30-13-10-24-34-33(30)31/h10,13-24,32H,4-9,11-12H2,1-3H3. The third kappa shape index (κ3) is 5.76. The zero-order chi connectivity index (χ0) is 23.8. The summed E-state index contributed by atoms with van der Waals surface area (Å²) in [5, 5.41) is 1.21. The molecule has 1 heteroatoms. The molecule has 0 spiro atoms. The Morgan fingerprint density at radius 1 is 0.647 bits per heavy atom. The molecule has 1 aromatic heterocycles. The molecule has 176 valence electrons. The van der Waals surface area contributed by atoms with Crippen molar-refractivity contribution in [1.82, 2.24) is 4.98 Å². The van der Waals surface area contributed by atoms with Gasteiger partial charge in [0.1, 0.15) is 0 Å². The fraction of sp³-hybridized carbons (Fsp3) is 0.364. The summed E-state index contributed by atoms with van der Waals surface area (Å²) in [7, 11) is 0. The number of aryl methyl sites for hydroxylation is 3. The van der Waals surface area contributed by atoms with Gasteiger partial charge in [0.25, 0.3) is 0 Å². The van der Waals surface area contributed by atoms with E-state index in [1.807, 2.05) is 12.3 Å². The number of benzene rings is 3. The van der Waals surface area contributed by atoms with Gasteiger partial charge in [0.05, 0.1) is 5.52 Å². The molecule has 0 aliphatic carbocycles. The molecule has 1 nitrogen and oxygen atoms in total. The normalized spacial score (nSPS) is 11.4. The number of pyridine rings is 1. The van der Waals surface area contributed by atoms with Crippen LogP contribution in [0.25, 0.3) is 10.9 Å². The smallest absolute Gasteiger partial charge is 0.0746 e. The van der Waals surface area contributed by atoms with Crippen molar-refractivity contribution in [3.8, 4) is 0 Å². The van der Waals surface area contributed by atoms with E-state index >= 15 is 0 Å². The van der Waals surface area contributed by atoms with Gasteiger partial charge in [0.2, 0.25) is 0 Å². The topological polar surface area (TPSA) is 12.9 Å². The Hall–Kier alpha value is -2.93. The van der Waals surface area contributed by atoms with E-state index in [9.17, 15) is 0 Å². The first-order chi connectivity index (χ1) is 16.7. The Balaban J connectivity index is 1.75. The quantitative estimate of drug-likeness (QED) is 0.164. The van der Waals surface area contributed by atoms with Crippen LogP contribution in [0.3, 0.4) is 0 Å². The molecule has 0 fully saturated rings. The van der Waals surface area contributed by atoms with E-state index in [1.165, 1.54) is 90.1 Å². The maximum Gasteiger partial charge on any atom is 0.0746 e. The molecule has 0 aliphatic heterocycles. The molecule has 3 aromatic carbocycles. The van der Waals surface area contributed by atoms with Crippen molar-refractivity contribution in [3.63, 3.8) is 0 Å². The molecule has 0 unspecified atom stereocenters. The van der Waals surface area contributed by atoms with Gasteiger partial charge in [-0.05, 0) is 72.1 Å². The number of hydrogen-bond donors (Lipinski definition) is 0. The van der Waals surface area contributed by atoms with Crippen molar-refractivity contribution in [1.29, 1.82) is 0 Å². The van der Waals surface area contributed by atoms with Crippen molar-refractivity contribution in [3.05, 3.63) is 112 Å². The first kappa shape index (κ1) is 24.2. The van der Waals surface area contributed by atoms with E-state index in [1.54, 1.807) is 0 Å². The van der Waals surface area contributed by atoms with Crippen molar-refractivity contribution in [2.24, 2.45) is 0 Å². The summed E-state index contributed by atoms with van der Waals surface area (Å²) >= 11 is 0. The molecule has 0 saturated carbocycles. The molecular weight excluding hydrogens is 410 g/mol. The van der Waals surface area contributed by atoms with Gasteiger partial charge in [-0.1, -0.05) is 106 Å². The maximum atomic E-state index is 4.85. The predicted molar refractivity (Wildman–Crippen MR) is 147 cm³/mol. The summed E-state index contributed by atoms with van der Waals surface area (Å²) in [6.45, 7) is 6.77. The minimum Gasteiger partial charge on any atom is -0.256 e. The van der Waals surface area contributed by atoms with E-state index in [-0.39, 0.29) is 5.92 Å². The van der Waals surface area contributed by atoms with Crippen LogP contribution in [0.4, 0.5) is 0 Å². The number of rotatable bonds is 11. The van der Waals surface area contributed by atoms with Crippen LogP contribution in [0.1, 0.15) is 91.7 Å². The van der Waals surface area contributed by atoms with E-state index in [2.05, 4.69) is 87.5 Å². The van der Waals surface area contributed by atoms with Crippen LogP contribution in [-0.4, -0.2) is 4.98 Å². The molecule has 0 amide bonds. The molecule has 4 aromatic rings. The number of hydrogen-bond acceptors (Lipinski definition) is 1. The molecule has 0 atom stereocenters. The van der Waals surface area contributed by atoms with E-state index < -0.39 is 0 Å². The highest BCUT2D eigenvalue weighted by molar-refractivity contribution is 5.84. The third-order valence-electron chi connectivity index (χ3n) is 7.08. The highest BCUT2D eigenvalue weighted by Crippen LogP contribution is 2.38. The number of aromatic nitrogens is 1. The molecule has 0 radical (unpaired) electrons. The number of fused-ring (bicyclic) bond motifs is 1. The highest BCUT2D eigenvalue weighted by Gasteiger charge is 2.22. The summed E-state index contributed by atoms with van der Waals surface area (Å²) < 4.78 is 0. The predicted octanol–water partition coefficient (Wildman–Crippen LogP) is 9.19. The second-order valence-electron chi connectivity index (χ2n) is 9.70. The van der Waals surface area contributed by atoms with Gasteiger partial charge >= 0.3 is 0 Å². The Labute approximate surface area is 206 Å². The van der Waals surface area contributed by atoms with Crippen molar-refractivity contribution in [2.45, 2.75) is 78.1 Å². The summed E-state index contributed by atoms with van der Waals surface area (Å²) in [6, 6.07) is 27.4. The van der Waals surface area contributed by atoms with Crippen molar-refractivity contribution in [2.75, 3.05) is 0 Å². The summed E-state index contributed by atoms with van der Waals surface area (Å²) in [6.07, 6.45) is 11.9. The SMILES string of the molecule is CCCCCc1ccc(C(c2ccc(CCCCC)cc2)c2c(C)ccc3cccnc23)cc1. The first-order valence-electron chi connectivity index (χ1n) is 13.2. The van der Waals surface area contributed by atoms with Crippen LogP contribution in [0.5, 0.6) is 0 Å². The molecule has 4 rings (SSSR count). The van der Waals surface area contributed by atoms with Crippen molar-refractivity contribution >= 4 is 10.9 Å². The van der Waals surface area contributed by atoms with Crippen LogP contribution in [0, 0.1) is 6.92 Å². The number of unbranched alkanes of at least 4 members (excludes halogenated alkanes) is 4. The van der Waals surface area contributed by atoms with E-state index in [4.69, 9.17) is 4.98 Å².